The fourth-order valence-electron chi connectivity index (χ4n) is 1.46. The first kappa shape index (κ1) is 11.9. The lowest BCUT2D eigenvalue weighted by molar-refractivity contribution is 0.457. The Morgan fingerprint density at radius 3 is 2.88 bits per heavy atom. The molecule has 0 fully saturated rings. The predicted molar refractivity (Wildman–Crippen MR) is 67.7 cm³/mol. The van der Waals surface area contributed by atoms with E-state index < -0.39 is 0 Å². The molecule has 1 aromatic heterocycles. The van der Waals surface area contributed by atoms with Crippen LogP contribution in [0, 0.1) is 6.92 Å². The summed E-state index contributed by atoms with van der Waals surface area (Å²) < 4.78 is 5.70. The summed E-state index contributed by atoms with van der Waals surface area (Å²) >= 11 is 5.91. The second kappa shape index (κ2) is 5.15. The van der Waals surface area contributed by atoms with Crippen LogP contribution >= 0.6 is 11.6 Å². The maximum absolute atomic E-state index is 5.91. The number of rotatable bonds is 3. The third kappa shape index (κ3) is 2.74. The molecule has 0 saturated carbocycles. The summed E-state index contributed by atoms with van der Waals surface area (Å²) in [7, 11) is 0. The third-order valence-electron chi connectivity index (χ3n) is 2.50. The Morgan fingerprint density at radius 2 is 2.12 bits per heavy atom. The molecule has 1 aromatic carbocycles. The molecule has 0 N–H and O–H groups in total. The fraction of sp³-hybridized carbons (Fsp3) is 0.231. The van der Waals surface area contributed by atoms with E-state index in [0.717, 1.165) is 17.7 Å². The van der Waals surface area contributed by atoms with Crippen LogP contribution in [0.4, 0.5) is 0 Å². The van der Waals surface area contributed by atoms with E-state index in [1.165, 1.54) is 11.9 Å². The standard InChI is InChI=1S/C13H13ClN2O/c1-3-10-5-4-6-11(7-10)17-13-9(2)12(14)15-8-16-13/h4-8H,3H2,1-2H3. The number of ether oxygens (including phenoxy) is 1. The Morgan fingerprint density at radius 1 is 1.29 bits per heavy atom. The molecule has 0 amide bonds. The van der Waals surface area contributed by atoms with Gasteiger partial charge in [-0.3, -0.25) is 0 Å². The highest BCUT2D eigenvalue weighted by Gasteiger charge is 2.07. The van der Waals surface area contributed by atoms with E-state index in [0.29, 0.717) is 11.0 Å². The van der Waals surface area contributed by atoms with Gasteiger partial charge >= 0.3 is 0 Å². The SMILES string of the molecule is CCc1cccc(Oc2ncnc(Cl)c2C)c1. The maximum Gasteiger partial charge on any atom is 0.226 e. The minimum atomic E-state index is 0.418. The van der Waals surface area contributed by atoms with Crippen molar-refractivity contribution < 1.29 is 4.74 Å². The molecule has 0 unspecified atom stereocenters. The van der Waals surface area contributed by atoms with Crippen molar-refractivity contribution in [2.45, 2.75) is 20.3 Å². The summed E-state index contributed by atoms with van der Waals surface area (Å²) in [4.78, 5) is 7.96. The fourth-order valence-corrected chi connectivity index (χ4v) is 1.58. The zero-order chi connectivity index (χ0) is 12.3. The Labute approximate surface area is 105 Å². The van der Waals surface area contributed by atoms with Gasteiger partial charge in [-0.1, -0.05) is 30.7 Å². The molecule has 0 bridgehead atoms. The van der Waals surface area contributed by atoms with E-state index >= 15 is 0 Å². The van der Waals surface area contributed by atoms with E-state index in [2.05, 4.69) is 23.0 Å². The van der Waals surface area contributed by atoms with Gasteiger partial charge in [-0.2, -0.15) is 0 Å². The molecule has 2 rings (SSSR count). The first-order valence-corrected chi connectivity index (χ1v) is 5.82. The van der Waals surface area contributed by atoms with Gasteiger partial charge in [0.15, 0.2) is 0 Å². The van der Waals surface area contributed by atoms with Crippen molar-refractivity contribution in [3.63, 3.8) is 0 Å². The highest BCUT2D eigenvalue weighted by atomic mass is 35.5. The number of benzene rings is 1. The Kier molecular flexibility index (Phi) is 3.59. The van der Waals surface area contributed by atoms with E-state index in [1.807, 2.05) is 25.1 Å². The lowest BCUT2D eigenvalue weighted by Crippen LogP contribution is -1.94. The molecule has 4 heteroatoms. The van der Waals surface area contributed by atoms with Crippen LogP contribution < -0.4 is 4.74 Å². The molecule has 0 atom stereocenters. The minimum absolute atomic E-state index is 0.418. The third-order valence-corrected chi connectivity index (χ3v) is 2.88. The lowest BCUT2D eigenvalue weighted by atomic mass is 10.2. The predicted octanol–water partition coefficient (Wildman–Crippen LogP) is 3.79. The Hall–Kier alpha value is -1.61. The van der Waals surface area contributed by atoms with E-state index in [1.54, 1.807) is 0 Å². The van der Waals surface area contributed by atoms with Crippen LogP contribution in [0.3, 0.4) is 0 Å². The minimum Gasteiger partial charge on any atom is -0.439 e. The number of nitrogens with zero attached hydrogens (tertiary/aromatic N) is 2. The second-order valence-electron chi connectivity index (χ2n) is 3.70. The number of hydrogen-bond acceptors (Lipinski definition) is 3. The zero-order valence-corrected chi connectivity index (χ0v) is 10.5. The van der Waals surface area contributed by atoms with Crippen LogP contribution in [0.25, 0.3) is 0 Å². The topological polar surface area (TPSA) is 35.0 Å². The molecular weight excluding hydrogens is 236 g/mol. The van der Waals surface area contributed by atoms with Crippen molar-refractivity contribution >= 4 is 11.6 Å². The summed E-state index contributed by atoms with van der Waals surface area (Å²) in [5.74, 6) is 1.26. The number of halogens is 1. The Bertz CT molecular complexity index is 529. The number of hydrogen-bond donors (Lipinski definition) is 0. The van der Waals surface area contributed by atoms with Crippen LogP contribution in [0.2, 0.25) is 5.15 Å². The molecule has 0 spiro atoms. The molecule has 3 nitrogen and oxygen atoms in total. The normalized spacial score (nSPS) is 10.3. The molecule has 0 aliphatic rings. The van der Waals surface area contributed by atoms with Gasteiger partial charge in [0, 0.05) is 5.56 Å². The smallest absolute Gasteiger partial charge is 0.226 e. The van der Waals surface area contributed by atoms with Crippen molar-refractivity contribution in [2.24, 2.45) is 0 Å². The number of aromatic nitrogens is 2. The van der Waals surface area contributed by atoms with Crippen LogP contribution in [-0.4, -0.2) is 9.97 Å². The molecule has 0 aliphatic heterocycles. The van der Waals surface area contributed by atoms with Crippen LogP contribution in [-0.2, 0) is 6.42 Å². The highest BCUT2D eigenvalue weighted by molar-refractivity contribution is 6.30. The second-order valence-corrected chi connectivity index (χ2v) is 4.06. The van der Waals surface area contributed by atoms with Crippen molar-refractivity contribution in [1.82, 2.24) is 9.97 Å². The van der Waals surface area contributed by atoms with Crippen molar-refractivity contribution in [1.29, 1.82) is 0 Å². The summed E-state index contributed by atoms with van der Waals surface area (Å²) in [6.45, 7) is 3.94. The van der Waals surface area contributed by atoms with Gasteiger partial charge < -0.3 is 4.74 Å². The van der Waals surface area contributed by atoms with Gasteiger partial charge in [0.05, 0.1) is 0 Å². The van der Waals surface area contributed by atoms with Gasteiger partial charge in [0.25, 0.3) is 0 Å². The van der Waals surface area contributed by atoms with Gasteiger partial charge in [-0.15, -0.1) is 0 Å². The molecule has 17 heavy (non-hydrogen) atoms. The van der Waals surface area contributed by atoms with Gasteiger partial charge in [-0.05, 0) is 31.0 Å². The number of aryl methyl sites for hydroxylation is 1. The molecule has 2 aromatic rings. The van der Waals surface area contributed by atoms with Crippen LogP contribution in [0.1, 0.15) is 18.1 Å². The van der Waals surface area contributed by atoms with E-state index in [9.17, 15) is 0 Å². The molecule has 0 saturated heterocycles. The summed E-state index contributed by atoms with van der Waals surface area (Å²) in [6, 6.07) is 7.92. The van der Waals surface area contributed by atoms with E-state index in [-0.39, 0.29) is 0 Å². The van der Waals surface area contributed by atoms with Gasteiger partial charge in [0.2, 0.25) is 5.88 Å². The largest absolute Gasteiger partial charge is 0.439 e. The van der Waals surface area contributed by atoms with Crippen LogP contribution in [0.5, 0.6) is 11.6 Å². The molecule has 0 radical (unpaired) electrons. The molecule has 0 aliphatic carbocycles. The highest BCUT2D eigenvalue weighted by Crippen LogP contribution is 2.26. The summed E-state index contributed by atoms with van der Waals surface area (Å²) in [5, 5.41) is 0.418. The van der Waals surface area contributed by atoms with E-state index in [4.69, 9.17) is 16.3 Å². The first-order valence-electron chi connectivity index (χ1n) is 5.44. The summed E-state index contributed by atoms with van der Waals surface area (Å²) in [6.07, 6.45) is 2.37. The molecular formula is C13H13ClN2O. The van der Waals surface area contributed by atoms with Crippen molar-refractivity contribution in [2.75, 3.05) is 0 Å². The van der Waals surface area contributed by atoms with Crippen molar-refractivity contribution in [3.05, 3.63) is 46.9 Å². The molecule has 1 heterocycles. The monoisotopic (exact) mass is 248 g/mol. The molecule has 88 valence electrons. The Balaban J connectivity index is 2.28. The summed E-state index contributed by atoms with van der Waals surface area (Å²) in [5.41, 5.74) is 1.97. The average Bonchev–Trinajstić information content (AvgIpc) is 2.35. The van der Waals surface area contributed by atoms with Gasteiger partial charge in [-0.25, -0.2) is 9.97 Å². The van der Waals surface area contributed by atoms with Crippen LogP contribution in [0.15, 0.2) is 30.6 Å². The first-order chi connectivity index (χ1) is 8.20. The van der Waals surface area contributed by atoms with Gasteiger partial charge in [0.1, 0.15) is 17.2 Å². The lowest BCUT2D eigenvalue weighted by Gasteiger charge is -2.08. The maximum atomic E-state index is 5.91. The average molecular weight is 249 g/mol. The quantitative estimate of drug-likeness (QED) is 0.775. The van der Waals surface area contributed by atoms with Crippen molar-refractivity contribution in [3.8, 4) is 11.6 Å². The zero-order valence-electron chi connectivity index (χ0n) is 9.77.